The Morgan fingerprint density at radius 2 is 1.31 bits per heavy atom. The minimum absolute atomic E-state index is 0.0382. The van der Waals surface area contributed by atoms with Crippen molar-refractivity contribution in [3.05, 3.63) is 90.0 Å². The van der Waals surface area contributed by atoms with Crippen LogP contribution < -0.4 is 0 Å². The highest BCUT2D eigenvalue weighted by atomic mass is 16.3. The molecule has 0 saturated heterocycles. The zero-order valence-electron chi connectivity index (χ0n) is 16.5. The molecule has 2 heterocycles. The normalized spacial score (nSPS) is 14.5. The van der Waals surface area contributed by atoms with Crippen molar-refractivity contribution in [3.8, 4) is 5.75 Å². The predicted octanol–water partition coefficient (Wildman–Crippen LogP) is 2.88. The van der Waals surface area contributed by atoms with E-state index >= 15 is 0 Å². The molecule has 0 amide bonds. The van der Waals surface area contributed by atoms with Crippen molar-refractivity contribution in [2.45, 2.75) is 31.6 Å². The fraction of sp³-hybridized carbons (Fsp3) is 0.304. The molecule has 6 heteroatoms. The van der Waals surface area contributed by atoms with E-state index in [0.717, 1.165) is 5.56 Å². The van der Waals surface area contributed by atoms with Gasteiger partial charge in [-0.2, -0.15) is 0 Å². The molecule has 0 radical (unpaired) electrons. The summed E-state index contributed by atoms with van der Waals surface area (Å²) in [5.41, 5.74) is 2.27. The summed E-state index contributed by atoms with van der Waals surface area (Å²) in [6, 6.07) is 18.0. The standard InChI is InChI=1S/C23H27N3O3/c1-17(14-18-8-10-19(27)11-9-18)26(15-22(28)20-6-2-4-12-24-20)16-23(29)21-7-3-5-13-25-21/h2-13,17,22-23,27-29H,14-16H2,1H3/t17-,22?,23?/m1/s1. The number of aliphatic hydroxyl groups excluding tert-OH is 2. The zero-order chi connectivity index (χ0) is 20.6. The third kappa shape index (κ3) is 6.09. The smallest absolute Gasteiger partial charge is 0.115 e. The molecule has 2 aromatic heterocycles. The number of nitrogens with zero attached hydrogens (tertiary/aromatic N) is 3. The van der Waals surface area contributed by atoms with E-state index in [0.29, 0.717) is 30.9 Å². The van der Waals surface area contributed by atoms with E-state index in [9.17, 15) is 15.3 Å². The van der Waals surface area contributed by atoms with Crippen LogP contribution in [0.25, 0.3) is 0 Å². The van der Waals surface area contributed by atoms with Gasteiger partial charge in [-0.05, 0) is 55.3 Å². The number of phenols is 1. The van der Waals surface area contributed by atoms with Crippen LogP contribution in [0.5, 0.6) is 5.75 Å². The second kappa shape index (κ2) is 10.1. The number of aromatic nitrogens is 2. The summed E-state index contributed by atoms with van der Waals surface area (Å²) in [4.78, 5) is 10.5. The lowest BCUT2D eigenvalue weighted by atomic mass is 10.0. The number of benzene rings is 1. The molecule has 6 nitrogen and oxygen atoms in total. The van der Waals surface area contributed by atoms with Gasteiger partial charge in [0.25, 0.3) is 0 Å². The number of aromatic hydroxyl groups is 1. The van der Waals surface area contributed by atoms with Crippen molar-refractivity contribution in [3.63, 3.8) is 0 Å². The van der Waals surface area contributed by atoms with Gasteiger partial charge in [0, 0.05) is 31.5 Å². The Morgan fingerprint density at radius 1 is 0.793 bits per heavy atom. The molecule has 1 aromatic carbocycles. The Hall–Kier alpha value is -2.80. The van der Waals surface area contributed by atoms with E-state index in [1.54, 1.807) is 36.7 Å². The van der Waals surface area contributed by atoms with Crippen molar-refractivity contribution in [2.24, 2.45) is 0 Å². The summed E-state index contributed by atoms with van der Waals surface area (Å²) in [7, 11) is 0. The van der Waals surface area contributed by atoms with E-state index < -0.39 is 12.2 Å². The van der Waals surface area contributed by atoms with Crippen LogP contribution in [0.4, 0.5) is 0 Å². The van der Waals surface area contributed by atoms with Crippen LogP contribution in [0.1, 0.15) is 36.1 Å². The van der Waals surface area contributed by atoms with Crippen molar-refractivity contribution in [2.75, 3.05) is 13.1 Å². The molecule has 0 spiro atoms. The van der Waals surface area contributed by atoms with Crippen molar-refractivity contribution >= 4 is 0 Å². The molecule has 3 rings (SSSR count). The van der Waals surface area contributed by atoms with Gasteiger partial charge < -0.3 is 15.3 Å². The number of phenolic OH excluding ortho intramolecular Hbond substituents is 1. The Balaban J connectivity index is 1.75. The third-order valence-corrected chi connectivity index (χ3v) is 4.96. The summed E-state index contributed by atoms with van der Waals surface area (Å²) in [6.45, 7) is 2.73. The van der Waals surface area contributed by atoms with E-state index in [4.69, 9.17) is 0 Å². The Bertz CT molecular complexity index is 812. The first-order chi connectivity index (χ1) is 14.0. The second-order valence-corrected chi connectivity index (χ2v) is 7.21. The van der Waals surface area contributed by atoms with Gasteiger partial charge in [-0.3, -0.25) is 14.9 Å². The molecular weight excluding hydrogens is 366 g/mol. The molecule has 0 aliphatic rings. The first-order valence-corrected chi connectivity index (χ1v) is 9.73. The monoisotopic (exact) mass is 393 g/mol. The van der Waals surface area contributed by atoms with Gasteiger partial charge in [0.05, 0.1) is 11.4 Å². The van der Waals surface area contributed by atoms with E-state index in [1.807, 2.05) is 41.3 Å². The fourth-order valence-corrected chi connectivity index (χ4v) is 3.31. The maximum Gasteiger partial charge on any atom is 0.115 e. The van der Waals surface area contributed by atoms with Gasteiger partial charge in [0.2, 0.25) is 0 Å². The van der Waals surface area contributed by atoms with Crippen LogP contribution in [0.2, 0.25) is 0 Å². The first kappa shape index (κ1) is 20.9. The van der Waals surface area contributed by atoms with E-state index in [-0.39, 0.29) is 11.8 Å². The van der Waals surface area contributed by atoms with Crippen molar-refractivity contribution < 1.29 is 15.3 Å². The number of pyridine rings is 2. The summed E-state index contributed by atoms with van der Waals surface area (Å²) < 4.78 is 0. The summed E-state index contributed by atoms with van der Waals surface area (Å²) >= 11 is 0. The van der Waals surface area contributed by atoms with Gasteiger partial charge >= 0.3 is 0 Å². The first-order valence-electron chi connectivity index (χ1n) is 9.73. The fourth-order valence-electron chi connectivity index (χ4n) is 3.31. The molecule has 3 aromatic rings. The van der Waals surface area contributed by atoms with Crippen LogP contribution >= 0.6 is 0 Å². The largest absolute Gasteiger partial charge is 0.508 e. The number of hydrogen-bond donors (Lipinski definition) is 3. The van der Waals surface area contributed by atoms with Gasteiger partial charge in [-0.25, -0.2) is 0 Å². The summed E-state index contributed by atoms with van der Waals surface area (Å²) in [5, 5.41) is 30.9. The van der Waals surface area contributed by atoms with Crippen molar-refractivity contribution in [1.29, 1.82) is 0 Å². The lowest BCUT2D eigenvalue weighted by Gasteiger charge is -2.32. The van der Waals surface area contributed by atoms with E-state index in [2.05, 4.69) is 16.9 Å². The highest BCUT2D eigenvalue weighted by Gasteiger charge is 2.23. The minimum Gasteiger partial charge on any atom is -0.508 e. The number of rotatable bonds is 9. The minimum atomic E-state index is -0.769. The van der Waals surface area contributed by atoms with Crippen LogP contribution in [0, 0.1) is 0 Å². The average Bonchev–Trinajstić information content (AvgIpc) is 2.76. The Labute approximate surface area is 171 Å². The van der Waals surface area contributed by atoms with Crippen LogP contribution in [-0.2, 0) is 6.42 Å². The van der Waals surface area contributed by atoms with Crippen LogP contribution in [-0.4, -0.2) is 49.3 Å². The number of hydrogen-bond acceptors (Lipinski definition) is 6. The molecule has 0 fully saturated rings. The average molecular weight is 393 g/mol. The molecule has 0 aliphatic heterocycles. The maximum atomic E-state index is 10.7. The SMILES string of the molecule is C[C@H](Cc1ccc(O)cc1)N(CC(O)c1ccccn1)CC(O)c1ccccn1. The summed E-state index contributed by atoms with van der Waals surface area (Å²) in [6.07, 6.45) is 2.49. The number of aliphatic hydroxyl groups is 2. The second-order valence-electron chi connectivity index (χ2n) is 7.21. The topological polar surface area (TPSA) is 89.7 Å². The molecule has 2 unspecified atom stereocenters. The molecule has 3 N–H and O–H groups in total. The van der Waals surface area contributed by atoms with E-state index in [1.165, 1.54) is 0 Å². The van der Waals surface area contributed by atoms with Crippen LogP contribution in [0.15, 0.2) is 73.1 Å². The van der Waals surface area contributed by atoms with Gasteiger partial charge in [0.1, 0.15) is 18.0 Å². The maximum absolute atomic E-state index is 10.7. The summed E-state index contributed by atoms with van der Waals surface area (Å²) in [5.74, 6) is 0.231. The van der Waals surface area contributed by atoms with Gasteiger partial charge in [-0.1, -0.05) is 24.3 Å². The molecule has 3 atom stereocenters. The third-order valence-electron chi connectivity index (χ3n) is 4.96. The molecule has 152 valence electrons. The lowest BCUT2D eigenvalue weighted by molar-refractivity contribution is 0.0452. The van der Waals surface area contributed by atoms with Gasteiger partial charge in [0.15, 0.2) is 0 Å². The lowest BCUT2D eigenvalue weighted by Crippen LogP contribution is -2.40. The Kier molecular flexibility index (Phi) is 7.30. The molecule has 29 heavy (non-hydrogen) atoms. The van der Waals surface area contributed by atoms with Gasteiger partial charge in [-0.15, -0.1) is 0 Å². The highest BCUT2D eigenvalue weighted by molar-refractivity contribution is 5.26. The van der Waals surface area contributed by atoms with Crippen LogP contribution in [0.3, 0.4) is 0 Å². The van der Waals surface area contributed by atoms with Crippen molar-refractivity contribution in [1.82, 2.24) is 14.9 Å². The molecular formula is C23H27N3O3. The molecule has 0 saturated carbocycles. The zero-order valence-corrected chi connectivity index (χ0v) is 16.5. The molecule has 0 bridgehead atoms. The quantitative estimate of drug-likeness (QED) is 0.518. The Morgan fingerprint density at radius 3 is 1.76 bits per heavy atom. The predicted molar refractivity (Wildman–Crippen MR) is 111 cm³/mol. The molecule has 0 aliphatic carbocycles. The highest BCUT2D eigenvalue weighted by Crippen LogP contribution is 2.20.